The number of carbonyl (C=O) groups is 1. The number of benzene rings is 1. The number of nitrogens with zero attached hydrogens (tertiary/aromatic N) is 2. The molecule has 0 radical (unpaired) electrons. The molecule has 0 aliphatic carbocycles. The molecule has 2 aromatic rings. The Morgan fingerprint density at radius 2 is 1.86 bits per heavy atom. The fourth-order valence-corrected chi connectivity index (χ4v) is 2.63. The number of hydrogen-bond donors (Lipinski definition) is 3. The molecule has 0 saturated carbocycles. The number of primary amides is 1. The molecule has 1 heterocycles. The summed E-state index contributed by atoms with van der Waals surface area (Å²) in [5.74, 6) is -0.499. The fourth-order valence-electron chi connectivity index (χ4n) is 2.63. The molecule has 0 aliphatic heterocycles. The van der Waals surface area contributed by atoms with Crippen LogP contribution in [0.3, 0.4) is 0 Å². The van der Waals surface area contributed by atoms with Gasteiger partial charge in [-0.3, -0.25) is 15.0 Å². The molecule has 7 nitrogen and oxygen atoms in total. The minimum atomic E-state index is -0.499. The van der Waals surface area contributed by atoms with Crippen LogP contribution in [0.4, 0.5) is 11.4 Å². The molecule has 2 rings (SSSR count). The smallest absolute Gasteiger partial charge is 0.250 e. The van der Waals surface area contributed by atoms with Crippen molar-refractivity contribution in [3.8, 4) is 0 Å². The summed E-state index contributed by atoms with van der Waals surface area (Å²) in [6.45, 7) is 10.0. The molecular weight excluding hydrogens is 354 g/mol. The van der Waals surface area contributed by atoms with Crippen molar-refractivity contribution < 1.29 is 4.79 Å². The van der Waals surface area contributed by atoms with Crippen molar-refractivity contribution in [1.82, 2.24) is 4.98 Å². The Kier molecular flexibility index (Phi) is 10.1. The Bertz CT molecular complexity index is 824. The lowest BCUT2D eigenvalue weighted by Crippen LogP contribution is -2.26. The van der Waals surface area contributed by atoms with E-state index in [0.29, 0.717) is 16.9 Å². The lowest BCUT2D eigenvalue weighted by atomic mass is 10.2. The molecule has 28 heavy (non-hydrogen) atoms. The molecule has 0 saturated heterocycles. The predicted molar refractivity (Wildman–Crippen MR) is 117 cm³/mol. The molecule has 0 aliphatic rings. The molecule has 0 unspecified atom stereocenters. The van der Waals surface area contributed by atoms with E-state index in [2.05, 4.69) is 34.3 Å². The van der Waals surface area contributed by atoms with Gasteiger partial charge in [-0.1, -0.05) is 33.8 Å². The normalized spacial score (nSPS) is 10.3. The standard InChI is InChI=1S/C19H25N5O2.C2H6/c1-3-8-24(9-4-2)17-11-16(22-18(25)12-17)13-21-23-15-7-5-6-14(10-15)19(20)26;1-2/h5-7,10-13,23H,3-4,8-9H2,1-2H3,(H2,20,26)(H,22,25);1-2H3/b21-13+;. The molecule has 4 N–H and O–H groups in total. The third kappa shape index (κ3) is 7.26. The third-order valence-electron chi connectivity index (χ3n) is 3.75. The Morgan fingerprint density at radius 3 is 2.46 bits per heavy atom. The molecule has 0 spiro atoms. The highest BCUT2D eigenvalue weighted by molar-refractivity contribution is 5.93. The van der Waals surface area contributed by atoms with Crippen LogP contribution in [0.2, 0.25) is 0 Å². The van der Waals surface area contributed by atoms with E-state index >= 15 is 0 Å². The van der Waals surface area contributed by atoms with Crippen LogP contribution in [0.1, 0.15) is 56.6 Å². The van der Waals surface area contributed by atoms with Gasteiger partial charge >= 0.3 is 0 Å². The maximum absolute atomic E-state index is 12.0. The van der Waals surface area contributed by atoms with Gasteiger partial charge in [0.1, 0.15) is 0 Å². The molecule has 1 aromatic carbocycles. The second-order valence-electron chi connectivity index (χ2n) is 5.96. The van der Waals surface area contributed by atoms with Crippen LogP contribution in [-0.2, 0) is 0 Å². The van der Waals surface area contributed by atoms with E-state index in [4.69, 9.17) is 5.73 Å². The third-order valence-corrected chi connectivity index (χ3v) is 3.75. The molecule has 1 amide bonds. The van der Waals surface area contributed by atoms with E-state index < -0.39 is 5.91 Å². The van der Waals surface area contributed by atoms with E-state index in [1.54, 1.807) is 30.3 Å². The summed E-state index contributed by atoms with van der Waals surface area (Å²) in [6.07, 6.45) is 3.56. The van der Waals surface area contributed by atoms with Gasteiger partial charge in [0.15, 0.2) is 0 Å². The van der Waals surface area contributed by atoms with Gasteiger partial charge in [0.2, 0.25) is 11.5 Å². The fraction of sp³-hybridized carbons (Fsp3) is 0.381. The zero-order valence-electron chi connectivity index (χ0n) is 17.2. The van der Waals surface area contributed by atoms with Crippen LogP contribution < -0.4 is 21.6 Å². The van der Waals surface area contributed by atoms with Crippen LogP contribution >= 0.6 is 0 Å². The summed E-state index contributed by atoms with van der Waals surface area (Å²) in [4.78, 5) is 28.1. The zero-order valence-corrected chi connectivity index (χ0v) is 17.2. The first-order valence-electron chi connectivity index (χ1n) is 9.71. The lowest BCUT2D eigenvalue weighted by molar-refractivity contribution is 0.100. The van der Waals surface area contributed by atoms with Crippen molar-refractivity contribution in [3.63, 3.8) is 0 Å². The quantitative estimate of drug-likeness (QED) is 0.453. The Balaban J connectivity index is 0.00000190. The number of aromatic amines is 1. The highest BCUT2D eigenvalue weighted by atomic mass is 16.1. The number of nitrogens with one attached hydrogen (secondary N) is 2. The molecule has 0 atom stereocenters. The SMILES string of the molecule is CC.CCCN(CCC)c1cc(/C=N/Nc2cccc(C(N)=O)c2)[nH]c(=O)c1. The van der Waals surface area contributed by atoms with E-state index in [9.17, 15) is 9.59 Å². The first-order chi connectivity index (χ1) is 13.5. The topological polar surface area (TPSA) is 104 Å². The number of nitrogens with two attached hydrogens (primary N) is 1. The monoisotopic (exact) mass is 385 g/mol. The van der Waals surface area contributed by atoms with Gasteiger partial charge in [-0.2, -0.15) is 5.10 Å². The maximum atomic E-state index is 12.0. The van der Waals surface area contributed by atoms with Crippen molar-refractivity contribution in [3.05, 3.63) is 58.0 Å². The number of amides is 1. The molecule has 7 heteroatoms. The van der Waals surface area contributed by atoms with Crippen LogP contribution in [0.25, 0.3) is 0 Å². The first kappa shape index (κ1) is 23.0. The van der Waals surface area contributed by atoms with Gasteiger partial charge in [0, 0.05) is 30.4 Å². The summed E-state index contributed by atoms with van der Waals surface area (Å²) >= 11 is 0. The van der Waals surface area contributed by atoms with Crippen molar-refractivity contribution in [2.45, 2.75) is 40.5 Å². The highest BCUT2D eigenvalue weighted by Crippen LogP contribution is 2.14. The number of rotatable bonds is 9. The second-order valence-corrected chi connectivity index (χ2v) is 5.96. The molecule has 0 fully saturated rings. The molecule has 0 bridgehead atoms. The average molecular weight is 386 g/mol. The van der Waals surface area contributed by atoms with E-state index in [0.717, 1.165) is 31.6 Å². The molecular formula is C21H31N5O2. The summed E-state index contributed by atoms with van der Waals surface area (Å²) in [5, 5.41) is 4.13. The first-order valence-corrected chi connectivity index (χ1v) is 9.71. The molecule has 1 aromatic heterocycles. The van der Waals surface area contributed by atoms with Crippen LogP contribution in [0.15, 0.2) is 46.3 Å². The van der Waals surface area contributed by atoms with Crippen LogP contribution in [-0.4, -0.2) is 30.2 Å². The molecule has 152 valence electrons. The summed E-state index contributed by atoms with van der Waals surface area (Å²) in [6, 6.07) is 10.2. The number of hydrazone groups is 1. The van der Waals surface area contributed by atoms with Gasteiger partial charge in [0.05, 0.1) is 17.6 Å². The summed E-state index contributed by atoms with van der Waals surface area (Å²) in [7, 11) is 0. The number of pyridine rings is 1. The zero-order chi connectivity index (χ0) is 20.9. The Labute approximate surface area is 166 Å². The van der Waals surface area contributed by atoms with Crippen molar-refractivity contribution in [1.29, 1.82) is 0 Å². The van der Waals surface area contributed by atoms with Gasteiger partial charge in [-0.05, 0) is 37.1 Å². The van der Waals surface area contributed by atoms with Crippen LogP contribution in [0.5, 0.6) is 0 Å². The van der Waals surface area contributed by atoms with E-state index in [1.165, 1.54) is 6.21 Å². The predicted octanol–water partition coefficient (Wildman–Crippen LogP) is 3.57. The Morgan fingerprint density at radius 1 is 1.18 bits per heavy atom. The largest absolute Gasteiger partial charge is 0.371 e. The van der Waals surface area contributed by atoms with Crippen molar-refractivity contribution in [2.24, 2.45) is 10.8 Å². The van der Waals surface area contributed by atoms with Crippen LogP contribution in [0, 0.1) is 0 Å². The number of anilines is 2. The number of carbonyl (C=O) groups excluding carboxylic acids is 1. The van der Waals surface area contributed by atoms with Gasteiger partial charge in [-0.15, -0.1) is 0 Å². The number of hydrogen-bond acceptors (Lipinski definition) is 5. The highest BCUT2D eigenvalue weighted by Gasteiger charge is 2.06. The van der Waals surface area contributed by atoms with E-state index in [1.807, 2.05) is 19.9 Å². The summed E-state index contributed by atoms with van der Waals surface area (Å²) < 4.78 is 0. The van der Waals surface area contributed by atoms with Gasteiger partial charge < -0.3 is 15.6 Å². The number of H-pyrrole nitrogens is 1. The summed E-state index contributed by atoms with van der Waals surface area (Å²) in [5.41, 5.74) is 10.4. The lowest BCUT2D eigenvalue weighted by Gasteiger charge is -2.23. The number of aromatic nitrogens is 1. The minimum absolute atomic E-state index is 0.170. The van der Waals surface area contributed by atoms with Crippen molar-refractivity contribution in [2.75, 3.05) is 23.4 Å². The van der Waals surface area contributed by atoms with Gasteiger partial charge in [-0.25, -0.2) is 0 Å². The van der Waals surface area contributed by atoms with E-state index in [-0.39, 0.29) is 5.56 Å². The Hall–Kier alpha value is -3.09. The maximum Gasteiger partial charge on any atom is 0.250 e. The van der Waals surface area contributed by atoms with Crippen molar-refractivity contribution >= 4 is 23.5 Å². The average Bonchev–Trinajstić information content (AvgIpc) is 2.69. The second kappa shape index (κ2) is 12.3. The van der Waals surface area contributed by atoms with Gasteiger partial charge in [0.25, 0.3) is 0 Å². The minimum Gasteiger partial charge on any atom is -0.371 e.